The quantitative estimate of drug-likeness (QED) is 0.692. The van der Waals surface area contributed by atoms with Gasteiger partial charge in [0.1, 0.15) is 0 Å². The number of rotatable bonds is 6. The van der Waals surface area contributed by atoms with Crippen LogP contribution >= 0.6 is 0 Å². The third-order valence-electron chi connectivity index (χ3n) is 2.76. The Morgan fingerprint density at radius 3 is 2.29 bits per heavy atom. The van der Waals surface area contributed by atoms with E-state index >= 15 is 0 Å². The lowest BCUT2D eigenvalue weighted by molar-refractivity contribution is -0.143. The Hall–Kier alpha value is -1.39. The average molecular weight is 238 g/mol. The van der Waals surface area contributed by atoms with Crippen molar-refractivity contribution in [1.29, 1.82) is 0 Å². The van der Waals surface area contributed by atoms with Crippen LogP contribution in [0.1, 0.15) is 18.9 Å². The van der Waals surface area contributed by atoms with Gasteiger partial charge in [-0.2, -0.15) is 0 Å². The van der Waals surface area contributed by atoms with E-state index in [1.54, 1.807) is 0 Å². The predicted octanol–water partition coefficient (Wildman–Crippen LogP) is 1.06. The second-order valence-corrected chi connectivity index (χ2v) is 4.27. The van der Waals surface area contributed by atoms with Gasteiger partial charge in [0, 0.05) is 0 Å². The molecule has 0 aliphatic heterocycles. The molecule has 1 aromatic rings. The molecular formula is C13H18O4. The molecule has 4 heteroatoms. The van der Waals surface area contributed by atoms with Crippen LogP contribution in [0.25, 0.3) is 0 Å². The van der Waals surface area contributed by atoms with Crippen LogP contribution in [0.15, 0.2) is 30.3 Å². The van der Waals surface area contributed by atoms with E-state index in [0.717, 1.165) is 5.56 Å². The summed E-state index contributed by atoms with van der Waals surface area (Å²) in [7, 11) is 0. The number of hydrogen-bond acceptors (Lipinski definition) is 3. The molecule has 1 aromatic carbocycles. The lowest BCUT2D eigenvalue weighted by Gasteiger charge is -2.18. The maximum Gasteiger partial charge on any atom is 0.306 e. The van der Waals surface area contributed by atoms with E-state index in [2.05, 4.69) is 0 Å². The Labute approximate surface area is 101 Å². The van der Waals surface area contributed by atoms with E-state index in [9.17, 15) is 15.0 Å². The molecular weight excluding hydrogens is 220 g/mol. The Kier molecular flexibility index (Phi) is 5.12. The maximum absolute atomic E-state index is 11.1. The summed E-state index contributed by atoms with van der Waals surface area (Å²) >= 11 is 0. The van der Waals surface area contributed by atoms with Crippen LogP contribution in [0.5, 0.6) is 0 Å². The van der Waals surface area contributed by atoms with Gasteiger partial charge in [0.15, 0.2) is 0 Å². The van der Waals surface area contributed by atoms with Crippen molar-refractivity contribution in [2.24, 2.45) is 5.92 Å². The van der Waals surface area contributed by atoms with Crippen LogP contribution in [0, 0.1) is 5.92 Å². The van der Waals surface area contributed by atoms with Crippen molar-refractivity contribution in [2.45, 2.75) is 32.0 Å². The molecule has 4 nitrogen and oxygen atoms in total. The van der Waals surface area contributed by atoms with Crippen molar-refractivity contribution in [3.8, 4) is 0 Å². The largest absolute Gasteiger partial charge is 0.481 e. The fourth-order valence-electron chi connectivity index (χ4n) is 1.66. The van der Waals surface area contributed by atoms with Crippen LogP contribution in [0.3, 0.4) is 0 Å². The van der Waals surface area contributed by atoms with Crippen LogP contribution in [-0.2, 0) is 11.2 Å². The van der Waals surface area contributed by atoms with Gasteiger partial charge < -0.3 is 15.3 Å². The molecule has 0 fully saturated rings. The lowest BCUT2D eigenvalue weighted by atomic mass is 9.92. The molecule has 0 bridgehead atoms. The number of carboxylic acids is 1. The molecule has 0 spiro atoms. The van der Waals surface area contributed by atoms with Gasteiger partial charge in [-0.1, -0.05) is 30.3 Å². The summed E-state index contributed by atoms with van der Waals surface area (Å²) in [5.41, 5.74) is 0.915. The van der Waals surface area contributed by atoms with Gasteiger partial charge in [-0.05, 0) is 25.3 Å². The first kappa shape index (κ1) is 13.7. The molecule has 17 heavy (non-hydrogen) atoms. The van der Waals surface area contributed by atoms with E-state index in [-0.39, 0.29) is 6.42 Å². The van der Waals surface area contributed by atoms with Crippen molar-refractivity contribution in [3.05, 3.63) is 35.9 Å². The van der Waals surface area contributed by atoms with Crippen molar-refractivity contribution in [2.75, 3.05) is 0 Å². The summed E-state index contributed by atoms with van der Waals surface area (Å²) in [5, 5.41) is 27.8. The number of benzene rings is 1. The van der Waals surface area contributed by atoms with Gasteiger partial charge in [-0.25, -0.2) is 0 Å². The molecule has 0 heterocycles. The highest BCUT2D eigenvalue weighted by Crippen LogP contribution is 2.16. The Morgan fingerprint density at radius 2 is 1.82 bits per heavy atom. The standard InChI is InChI=1S/C13H18O4/c1-9(14)12(15)8-11(13(16)17)7-10-5-3-2-4-6-10/h2-6,9,11-12,14-15H,7-8H2,1H3,(H,16,17)/t9-,11-,12-/m0/s1. The molecule has 0 aliphatic rings. The molecule has 0 aliphatic carbocycles. The first-order valence-electron chi connectivity index (χ1n) is 5.63. The minimum Gasteiger partial charge on any atom is -0.481 e. The monoisotopic (exact) mass is 238 g/mol. The first-order chi connectivity index (χ1) is 8.00. The van der Waals surface area contributed by atoms with E-state index < -0.39 is 24.1 Å². The number of carbonyl (C=O) groups is 1. The Bertz CT molecular complexity index is 348. The van der Waals surface area contributed by atoms with Gasteiger partial charge in [0.25, 0.3) is 0 Å². The summed E-state index contributed by atoms with van der Waals surface area (Å²) in [6.45, 7) is 1.45. The lowest BCUT2D eigenvalue weighted by Crippen LogP contribution is -2.29. The Balaban J connectivity index is 2.64. The van der Waals surface area contributed by atoms with Gasteiger partial charge in [-0.3, -0.25) is 4.79 Å². The molecule has 0 saturated carbocycles. The molecule has 0 aromatic heterocycles. The van der Waals surface area contributed by atoms with Crippen LogP contribution in [0.4, 0.5) is 0 Å². The van der Waals surface area contributed by atoms with Crippen LogP contribution in [-0.4, -0.2) is 33.5 Å². The minimum atomic E-state index is -1.00. The highest BCUT2D eigenvalue weighted by molar-refractivity contribution is 5.70. The maximum atomic E-state index is 11.1. The molecule has 0 radical (unpaired) electrons. The van der Waals surface area contributed by atoms with Crippen molar-refractivity contribution >= 4 is 5.97 Å². The minimum absolute atomic E-state index is 0.0574. The zero-order chi connectivity index (χ0) is 12.8. The second kappa shape index (κ2) is 6.37. The average Bonchev–Trinajstić information content (AvgIpc) is 2.29. The highest BCUT2D eigenvalue weighted by Gasteiger charge is 2.24. The zero-order valence-electron chi connectivity index (χ0n) is 9.78. The number of aliphatic hydroxyl groups is 2. The van der Waals surface area contributed by atoms with E-state index in [4.69, 9.17) is 5.11 Å². The number of aliphatic hydroxyl groups excluding tert-OH is 2. The molecule has 0 amide bonds. The molecule has 1 rings (SSSR count). The van der Waals surface area contributed by atoms with E-state index in [1.807, 2.05) is 30.3 Å². The molecule has 3 atom stereocenters. The summed E-state index contributed by atoms with van der Waals surface area (Å²) in [5.74, 6) is -1.63. The summed E-state index contributed by atoms with van der Waals surface area (Å²) < 4.78 is 0. The second-order valence-electron chi connectivity index (χ2n) is 4.27. The molecule has 3 N–H and O–H groups in total. The topological polar surface area (TPSA) is 77.8 Å². The van der Waals surface area contributed by atoms with Crippen molar-refractivity contribution in [1.82, 2.24) is 0 Å². The number of hydrogen-bond donors (Lipinski definition) is 3. The van der Waals surface area contributed by atoms with Crippen LogP contribution < -0.4 is 0 Å². The molecule has 0 unspecified atom stereocenters. The first-order valence-corrected chi connectivity index (χ1v) is 5.63. The summed E-state index contributed by atoms with van der Waals surface area (Å²) in [4.78, 5) is 11.1. The molecule has 94 valence electrons. The van der Waals surface area contributed by atoms with Gasteiger partial charge >= 0.3 is 5.97 Å². The Morgan fingerprint density at radius 1 is 1.24 bits per heavy atom. The van der Waals surface area contributed by atoms with Crippen molar-refractivity contribution < 1.29 is 20.1 Å². The smallest absolute Gasteiger partial charge is 0.306 e. The zero-order valence-corrected chi connectivity index (χ0v) is 9.78. The predicted molar refractivity (Wildman–Crippen MR) is 63.6 cm³/mol. The molecule has 0 saturated heterocycles. The summed E-state index contributed by atoms with van der Waals surface area (Å²) in [6, 6.07) is 9.26. The number of carboxylic acid groups (broad SMARTS) is 1. The fourth-order valence-corrected chi connectivity index (χ4v) is 1.66. The number of aliphatic carboxylic acids is 1. The van der Waals surface area contributed by atoms with Crippen molar-refractivity contribution in [3.63, 3.8) is 0 Å². The third kappa shape index (κ3) is 4.54. The normalized spacial score (nSPS) is 16.2. The third-order valence-corrected chi connectivity index (χ3v) is 2.76. The van der Waals surface area contributed by atoms with Crippen LogP contribution in [0.2, 0.25) is 0 Å². The summed E-state index contributed by atoms with van der Waals surface area (Å²) in [6.07, 6.45) is -1.49. The van der Waals surface area contributed by atoms with E-state index in [0.29, 0.717) is 6.42 Å². The van der Waals surface area contributed by atoms with Gasteiger partial charge in [0.05, 0.1) is 18.1 Å². The van der Waals surface area contributed by atoms with E-state index in [1.165, 1.54) is 6.92 Å². The highest BCUT2D eigenvalue weighted by atomic mass is 16.4. The van der Waals surface area contributed by atoms with Gasteiger partial charge in [0.2, 0.25) is 0 Å². The fraction of sp³-hybridized carbons (Fsp3) is 0.462. The SMILES string of the molecule is C[C@H](O)[C@@H](O)C[C@H](Cc1ccccc1)C(=O)O. The van der Waals surface area contributed by atoms with Gasteiger partial charge in [-0.15, -0.1) is 0 Å².